The minimum Gasteiger partial charge on any atom is -0.595 e. The Labute approximate surface area is 96.5 Å². The zero-order valence-electron chi connectivity index (χ0n) is 9.64. The Balaban J connectivity index is 4.50. The first kappa shape index (κ1) is 15.2. The number of ether oxygens (including phenoxy) is 1. The van der Waals surface area contributed by atoms with Gasteiger partial charge in [-0.1, -0.05) is 24.0 Å². The molecular formula is C10H18NO4P. The van der Waals surface area contributed by atoms with Crippen LogP contribution in [0.4, 0.5) is 0 Å². The third-order valence-corrected chi connectivity index (χ3v) is 2.54. The number of hydrogen-bond donors (Lipinski definition) is 1. The van der Waals surface area contributed by atoms with Gasteiger partial charge in [0.15, 0.2) is 6.16 Å². The Kier molecular flexibility index (Phi) is 7.99. The van der Waals surface area contributed by atoms with Crippen LogP contribution in [-0.2, 0) is 14.1 Å². The van der Waals surface area contributed by atoms with Crippen molar-refractivity contribution < 1.29 is 19.0 Å². The first-order valence-electron chi connectivity index (χ1n) is 5.24. The fourth-order valence-electron chi connectivity index (χ4n) is 1.26. The van der Waals surface area contributed by atoms with E-state index < -0.39 is 20.0 Å². The van der Waals surface area contributed by atoms with Crippen molar-refractivity contribution in [3.05, 3.63) is 11.6 Å². The molecule has 0 spiro atoms. The molecule has 0 fully saturated rings. The SMILES string of the molecule is CCCC(=CC(N)C(=O)OCC)C[P+](=O)[O-]. The molecule has 2 atom stereocenters. The summed E-state index contributed by atoms with van der Waals surface area (Å²) in [6.45, 7) is 3.89. The maximum absolute atomic E-state index is 11.2. The Morgan fingerprint density at radius 3 is 2.62 bits per heavy atom. The van der Waals surface area contributed by atoms with Crippen molar-refractivity contribution in [2.45, 2.75) is 32.7 Å². The predicted molar refractivity (Wildman–Crippen MR) is 60.1 cm³/mol. The lowest BCUT2D eigenvalue weighted by Gasteiger charge is -2.08. The summed E-state index contributed by atoms with van der Waals surface area (Å²) >= 11 is 0. The van der Waals surface area contributed by atoms with E-state index >= 15 is 0 Å². The molecule has 0 aromatic carbocycles. The summed E-state index contributed by atoms with van der Waals surface area (Å²) in [4.78, 5) is 21.8. The number of hydrogen-bond acceptors (Lipinski definition) is 5. The highest BCUT2D eigenvalue weighted by atomic mass is 31.1. The minimum atomic E-state index is -2.49. The molecule has 0 aromatic rings. The van der Waals surface area contributed by atoms with Gasteiger partial charge < -0.3 is 15.4 Å². The highest BCUT2D eigenvalue weighted by molar-refractivity contribution is 7.36. The van der Waals surface area contributed by atoms with E-state index in [1.807, 2.05) is 6.92 Å². The van der Waals surface area contributed by atoms with Crippen molar-refractivity contribution in [3.63, 3.8) is 0 Å². The summed E-state index contributed by atoms with van der Waals surface area (Å²) < 4.78 is 15.3. The lowest BCUT2D eigenvalue weighted by Crippen LogP contribution is -2.30. The van der Waals surface area contributed by atoms with Crippen molar-refractivity contribution in [2.75, 3.05) is 12.8 Å². The number of nitrogens with two attached hydrogens (primary N) is 1. The Hall–Kier alpha value is -0.770. The van der Waals surface area contributed by atoms with E-state index in [1.165, 1.54) is 6.08 Å². The van der Waals surface area contributed by atoms with E-state index in [0.717, 1.165) is 6.42 Å². The molecule has 92 valence electrons. The lowest BCUT2D eigenvalue weighted by molar-refractivity contribution is -0.163. The third kappa shape index (κ3) is 6.67. The smallest absolute Gasteiger partial charge is 0.326 e. The van der Waals surface area contributed by atoms with Crippen LogP contribution in [0.25, 0.3) is 0 Å². The van der Waals surface area contributed by atoms with Gasteiger partial charge in [0, 0.05) is 0 Å². The van der Waals surface area contributed by atoms with Gasteiger partial charge in [0.1, 0.15) is 6.04 Å². The second-order valence-corrected chi connectivity index (χ2v) is 4.33. The van der Waals surface area contributed by atoms with E-state index in [0.29, 0.717) is 12.0 Å². The highest BCUT2D eigenvalue weighted by Gasteiger charge is 2.15. The van der Waals surface area contributed by atoms with E-state index in [-0.39, 0.29) is 12.8 Å². The van der Waals surface area contributed by atoms with Crippen molar-refractivity contribution in [3.8, 4) is 0 Å². The second-order valence-electron chi connectivity index (χ2n) is 3.34. The Bertz CT molecular complexity index is 278. The molecule has 2 N–H and O–H groups in total. The fourth-order valence-corrected chi connectivity index (χ4v) is 1.86. The van der Waals surface area contributed by atoms with Crippen LogP contribution in [0.5, 0.6) is 0 Å². The fraction of sp³-hybridized carbons (Fsp3) is 0.700. The monoisotopic (exact) mass is 247 g/mol. The van der Waals surface area contributed by atoms with Gasteiger partial charge in [-0.05, 0) is 18.9 Å². The van der Waals surface area contributed by atoms with E-state index in [9.17, 15) is 14.3 Å². The predicted octanol–water partition coefficient (Wildman–Crippen LogP) is 0.706. The van der Waals surface area contributed by atoms with Crippen LogP contribution in [0, 0.1) is 0 Å². The standard InChI is InChI=1S/C10H18NO4P/c1-3-5-8(7-16(13)14)6-9(11)10(12)15-4-2/h6,9H,3-5,7,11H2,1-2H3. The quantitative estimate of drug-likeness (QED) is 0.406. The zero-order chi connectivity index (χ0) is 12.6. The molecule has 16 heavy (non-hydrogen) atoms. The van der Waals surface area contributed by atoms with Gasteiger partial charge in [-0.25, -0.2) is 0 Å². The Morgan fingerprint density at radius 1 is 1.56 bits per heavy atom. The molecule has 0 aliphatic rings. The zero-order valence-corrected chi connectivity index (χ0v) is 10.5. The number of carbonyl (C=O) groups excluding carboxylic acids is 1. The molecular weight excluding hydrogens is 229 g/mol. The van der Waals surface area contributed by atoms with E-state index in [2.05, 4.69) is 0 Å². The molecule has 0 saturated heterocycles. The van der Waals surface area contributed by atoms with Crippen LogP contribution < -0.4 is 10.6 Å². The first-order valence-corrected chi connectivity index (χ1v) is 6.61. The van der Waals surface area contributed by atoms with E-state index in [1.54, 1.807) is 6.92 Å². The van der Waals surface area contributed by atoms with Gasteiger partial charge in [-0.2, -0.15) is 0 Å². The van der Waals surface area contributed by atoms with Crippen molar-refractivity contribution in [2.24, 2.45) is 5.73 Å². The van der Waals surface area contributed by atoms with Gasteiger partial charge in [-0.15, -0.1) is 0 Å². The summed E-state index contributed by atoms with van der Waals surface area (Å²) in [5.74, 6) is -0.530. The molecule has 0 amide bonds. The molecule has 6 heteroatoms. The van der Waals surface area contributed by atoms with Gasteiger partial charge >= 0.3 is 14.0 Å². The summed E-state index contributed by atoms with van der Waals surface area (Å²) in [5, 5.41) is 0. The van der Waals surface area contributed by atoms with Crippen LogP contribution >= 0.6 is 8.03 Å². The number of allylic oxidation sites excluding steroid dienone is 1. The number of esters is 1. The molecule has 0 radical (unpaired) electrons. The average molecular weight is 247 g/mol. The molecule has 0 aliphatic heterocycles. The number of rotatable bonds is 7. The third-order valence-electron chi connectivity index (χ3n) is 1.88. The van der Waals surface area contributed by atoms with Crippen molar-refractivity contribution >= 4 is 14.0 Å². The molecule has 5 nitrogen and oxygen atoms in total. The van der Waals surface area contributed by atoms with Crippen LogP contribution in [0.2, 0.25) is 0 Å². The summed E-state index contributed by atoms with van der Waals surface area (Å²) in [6.07, 6.45) is 2.86. The molecule has 2 unspecified atom stereocenters. The van der Waals surface area contributed by atoms with Crippen LogP contribution in [0.15, 0.2) is 11.6 Å². The normalized spacial score (nSPS) is 14.5. The summed E-state index contributed by atoms with van der Waals surface area (Å²) in [6, 6.07) is -0.878. The van der Waals surface area contributed by atoms with Gasteiger partial charge in [0.25, 0.3) is 0 Å². The maximum Gasteiger partial charge on any atom is 0.326 e. The largest absolute Gasteiger partial charge is 0.595 e. The van der Waals surface area contributed by atoms with Crippen LogP contribution in [-0.4, -0.2) is 24.8 Å². The summed E-state index contributed by atoms with van der Waals surface area (Å²) in [5.41, 5.74) is 6.23. The number of carbonyl (C=O) groups is 1. The van der Waals surface area contributed by atoms with Crippen molar-refractivity contribution in [1.29, 1.82) is 0 Å². The first-order chi connectivity index (χ1) is 7.51. The second kappa shape index (κ2) is 8.39. The topological polar surface area (TPSA) is 92.5 Å². The molecule has 0 aromatic heterocycles. The van der Waals surface area contributed by atoms with Gasteiger partial charge in [-0.3, -0.25) is 4.79 Å². The molecule has 0 aliphatic carbocycles. The molecule has 0 heterocycles. The lowest BCUT2D eigenvalue weighted by atomic mass is 10.1. The molecule has 0 rings (SSSR count). The van der Waals surface area contributed by atoms with Crippen molar-refractivity contribution in [1.82, 2.24) is 0 Å². The summed E-state index contributed by atoms with van der Waals surface area (Å²) in [7, 11) is -2.49. The Morgan fingerprint density at radius 2 is 2.19 bits per heavy atom. The molecule has 0 bridgehead atoms. The average Bonchev–Trinajstić information content (AvgIpc) is 2.17. The van der Waals surface area contributed by atoms with E-state index in [4.69, 9.17) is 10.5 Å². The van der Waals surface area contributed by atoms with Gasteiger partial charge in [0.05, 0.1) is 6.61 Å². The van der Waals surface area contributed by atoms with Crippen LogP contribution in [0.3, 0.4) is 0 Å². The molecule has 0 saturated carbocycles. The maximum atomic E-state index is 11.2. The van der Waals surface area contributed by atoms with Crippen LogP contribution in [0.1, 0.15) is 26.7 Å². The highest BCUT2D eigenvalue weighted by Crippen LogP contribution is 2.17. The van der Waals surface area contributed by atoms with Gasteiger partial charge in [0.2, 0.25) is 0 Å². The minimum absolute atomic E-state index is 0.0454.